The molecule has 0 spiro atoms. The van der Waals surface area contributed by atoms with Gasteiger partial charge in [-0.1, -0.05) is 0 Å². The molecule has 690 valence electrons. The van der Waals surface area contributed by atoms with Crippen LogP contribution in [0.15, 0.2) is 173 Å². The molecule has 0 amide bonds. The number of phenolic OH excluding ortho intramolecular Hbond substituents is 26. The molecule has 0 aliphatic heterocycles. The number of carbonyl (C=O) groups excluding carboxylic acids is 6. The van der Waals surface area contributed by atoms with E-state index in [1.165, 1.54) is 24.3 Å². The molecule has 12 aromatic carbocycles. The summed E-state index contributed by atoms with van der Waals surface area (Å²) >= 11 is 64.7. The molecule has 0 aliphatic rings. The number of halogens is 21. The molecule has 53 heteroatoms. The largest absolute Gasteiger partial charge is 0.504 e. The van der Waals surface area contributed by atoms with Gasteiger partial charge in [0.05, 0.1) is 75.9 Å². The zero-order chi connectivity index (χ0) is 99.7. The summed E-state index contributed by atoms with van der Waals surface area (Å²) in [6, 6.07) is 14.7. The fraction of sp³-hybridized carbons (Fsp3) is 0. The second kappa shape index (κ2) is 45.7. The summed E-state index contributed by atoms with van der Waals surface area (Å²) in [7, 11) is 0. The van der Waals surface area contributed by atoms with Gasteiger partial charge >= 0.3 is 0 Å². The predicted octanol–water partition coefficient (Wildman–Crippen LogP) is 25.9. The van der Waals surface area contributed by atoms with E-state index in [4.69, 9.17) is 0 Å². The molecule has 12 aromatic rings. The standard InChI is InChI=1S/C13H5Br5O6.C13H5Br5O5.C13H6Br4O5.C13H7Br3O5.C13H8Br2O6.C13H8Br2O5/c14-3-1(4(15)9(20)12(23)7(3)18)8(19)2-5(16)10(21)13(24)11(22)6(2)17;14-5-2(1-3(19)11(21)8(5)17)10(20)4-6(15)9(18)13(23)12(22)7(4)16;14-7-3(1-5(18)12(21)9(7)16)11(20)4-2-6(19)13(22)10(17)8(4)15;14-6-3-8(18)7(17)1-4(6)12(20)5-2-9(19)13(21)11(16)10(5)15;14-8-7(9(15)12(20)13(21)11(8)19)10(18)4-1-2-5(16)6(17)3-4;14-7-3-11(18)9(16)1-5(7)13(20)6-2-10(17)12(19)4-8(6)15/h20-24H;1,19,21-23H;1-2,18-19,21-22H;1-3,17-19,21H;1-3,16-17,19-21H;1-4,16-19H. The molecule has 32 nitrogen and oxygen atoms in total. The van der Waals surface area contributed by atoms with Crippen molar-refractivity contribution in [2.75, 3.05) is 0 Å². The van der Waals surface area contributed by atoms with Gasteiger partial charge in [0.25, 0.3) is 0 Å². The van der Waals surface area contributed by atoms with E-state index in [9.17, 15) is 162 Å². The fourth-order valence-electron chi connectivity index (χ4n) is 10.1. The lowest BCUT2D eigenvalue weighted by atomic mass is 10.0. The summed E-state index contributed by atoms with van der Waals surface area (Å²) in [6.07, 6.45) is 0. The van der Waals surface area contributed by atoms with Crippen molar-refractivity contribution < 1.29 is 162 Å². The van der Waals surface area contributed by atoms with Crippen LogP contribution in [0.4, 0.5) is 0 Å². The first-order chi connectivity index (χ1) is 60.6. The Hall–Kier alpha value is -6.46. The third-order valence-electron chi connectivity index (χ3n) is 16.8. The highest BCUT2D eigenvalue weighted by atomic mass is 79.9. The fourth-order valence-corrected chi connectivity index (χ4v) is 21.6. The number of carbonyl (C=O) groups is 6. The monoisotopic (exact) mass is 3140 g/mol. The highest BCUT2D eigenvalue weighted by Crippen LogP contribution is 2.56. The summed E-state index contributed by atoms with van der Waals surface area (Å²) in [4.78, 5) is 75.7. The van der Waals surface area contributed by atoms with Crippen molar-refractivity contribution in [2.24, 2.45) is 0 Å². The first-order valence-corrected chi connectivity index (χ1v) is 49.7. The lowest BCUT2D eigenvalue weighted by Gasteiger charge is -2.15. The Balaban J connectivity index is 0.000000215. The topological polar surface area (TPSA) is 628 Å². The van der Waals surface area contributed by atoms with Gasteiger partial charge in [0, 0.05) is 84.8 Å². The van der Waals surface area contributed by atoms with E-state index in [0.29, 0.717) is 0 Å². The van der Waals surface area contributed by atoms with Crippen LogP contribution in [0.1, 0.15) is 95.5 Å². The minimum atomic E-state index is -0.807. The van der Waals surface area contributed by atoms with E-state index in [-0.39, 0.29) is 184 Å². The van der Waals surface area contributed by atoms with Gasteiger partial charge in [-0.3, -0.25) is 28.8 Å². The van der Waals surface area contributed by atoms with E-state index < -0.39 is 161 Å². The zero-order valence-corrected chi connectivity index (χ0v) is 95.3. The molecule has 0 unspecified atom stereocenters. The molecule has 12 rings (SSSR count). The normalized spacial score (nSPS) is 10.7. The van der Waals surface area contributed by atoms with Crippen molar-refractivity contribution in [3.63, 3.8) is 0 Å². The molecule has 0 saturated carbocycles. The molecule has 0 bridgehead atoms. The van der Waals surface area contributed by atoms with Gasteiger partial charge in [0.15, 0.2) is 173 Å². The van der Waals surface area contributed by atoms with E-state index >= 15 is 0 Å². The van der Waals surface area contributed by atoms with E-state index in [0.717, 1.165) is 54.6 Å². The lowest BCUT2D eigenvalue weighted by Crippen LogP contribution is -2.07. The SMILES string of the molecule is O=C(c1c(Br)c(O)c(O)c(O)c1Br)c1c(Br)c(O)c(O)c(Br)c1Br.O=C(c1cc(O)c(O)c(Br)c1Br)c1c(Br)c(O)c(O)c(Br)c1Br.O=C(c1cc(O)c(O)c(Br)c1Br)c1cc(O)c(O)c(Br)c1Br.O=C(c1cc(O)c(O)cc1Br)c1cc(O)c(O)c(Br)c1Br.O=C(c1cc(O)c(O)cc1Br)c1cc(O)c(O)cc1Br.O=C(c1ccc(O)c(O)c1)c1c(Br)c(O)c(O)c(O)c1Br. The van der Waals surface area contributed by atoms with Gasteiger partial charge < -0.3 is 133 Å². The van der Waals surface area contributed by atoms with Crippen LogP contribution in [0.5, 0.6) is 149 Å². The lowest BCUT2D eigenvalue weighted by molar-refractivity contribution is 0.102. The minimum Gasteiger partial charge on any atom is -0.504 e. The van der Waals surface area contributed by atoms with Crippen LogP contribution in [-0.4, -0.2) is 167 Å². The summed E-state index contributed by atoms with van der Waals surface area (Å²) in [5, 5.41) is 250. The van der Waals surface area contributed by atoms with Crippen molar-refractivity contribution in [3.05, 3.63) is 240 Å². The van der Waals surface area contributed by atoms with Crippen molar-refractivity contribution in [1.29, 1.82) is 0 Å². The number of hydrogen-bond donors (Lipinski definition) is 26. The molecule has 131 heavy (non-hydrogen) atoms. The van der Waals surface area contributed by atoms with Crippen molar-refractivity contribution >= 4 is 369 Å². The first-order valence-electron chi connectivity index (χ1n) is 33.0. The number of aromatic hydroxyl groups is 26. The average molecular weight is 3170 g/mol. The van der Waals surface area contributed by atoms with Crippen LogP contribution in [0.3, 0.4) is 0 Å². The predicted molar refractivity (Wildman–Crippen MR) is 543 cm³/mol. The van der Waals surface area contributed by atoms with Crippen LogP contribution in [0, 0.1) is 0 Å². The molecule has 0 aliphatic carbocycles. The van der Waals surface area contributed by atoms with Gasteiger partial charge in [0.2, 0.25) is 11.5 Å². The van der Waals surface area contributed by atoms with Gasteiger partial charge in [-0.15, -0.1) is 0 Å². The number of benzene rings is 12. The van der Waals surface area contributed by atoms with E-state index in [2.05, 4.69) is 335 Å². The number of rotatable bonds is 12. The molecule has 0 fully saturated rings. The molecule has 0 heterocycles. The van der Waals surface area contributed by atoms with Gasteiger partial charge in [-0.05, 0) is 413 Å². The van der Waals surface area contributed by atoms with Crippen LogP contribution in [0.2, 0.25) is 0 Å². The van der Waals surface area contributed by atoms with Gasteiger partial charge in [-0.2, -0.15) is 0 Å². The number of ketones is 6. The number of phenols is 26. The third kappa shape index (κ3) is 23.5. The van der Waals surface area contributed by atoms with Crippen LogP contribution in [0.25, 0.3) is 0 Å². The average Bonchev–Trinajstić information content (AvgIpc) is 0.742. The Morgan fingerprint density at radius 1 is 0.145 bits per heavy atom. The van der Waals surface area contributed by atoms with Crippen molar-refractivity contribution in [3.8, 4) is 149 Å². The molecule has 0 saturated heterocycles. The number of hydrogen-bond acceptors (Lipinski definition) is 32. The highest BCUT2D eigenvalue weighted by molar-refractivity contribution is 9.15. The molecular weight excluding hydrogens is 3130 g/mol. The molecule has 26 N–H and O–H groups in total. The maximum atomic E-state index is 12.9. The minimum absolute atomic E-state index is 0.0104. The summed E-state index contributed by atoms with van der Waals surface area (Å²) in [5.74, 6) is -16.8. The van der Waals surface area contributed by atoms with Crippen molar-refractivity contribution in [1.82, 2.24) is 0 Å². The Bertz CT molecular complexity index is 6540. The summed E-state index contributed by atoms with van der Waals surface area (Å²) in [5.41, 5.74) is 0.0895. The highest BCUT2D eigenvalue weighted by Gasteiger charge is 2.35. The Morgan fingerprint density at radius 2 is 0.328 bits per heavy atom. The van der Waals surface area contributed by atoms with Crippen molar-refractivity contribution in [2.45, 2.75) is 0 Å². The first kappa shape index (κ1) is 112. The maximum absolute atomic E-state index is 12.9. The summed E-state index contributed by atoms with van der Waals surface area (Å²) < 4.78 is 2.03. The second-order valence-corrected chi connectivity index (χ2v) is 41.8. The van der Waals surface area contributed by atoms with E-state index in [1.54, 1.807) is 0 Å². The van der Waals surface area contributed by atoms with E-state index in [1.807, 2.05) is 0 Å². The molecule has 0 atom stereocenters. The smallest absolute Gasteiger partial charge is 0.202 e. The molecular formula is C78H39Br21O32. The Labute approximate surface area is 907 Å². The third-order valence-corrected chi connectivity index (χ3v) is 36.2. The van der Waals surface area contributed by atoms with Crippen LogP contribution < -0.4 is 0 Å². The second-order valence-electron chi connectivity index (χ2n) is 24.9. The Morgan fingerprint density at radius 3 is 0.595 bits per heavy atom. The quantitative estimate of drug-likeness (QED) is 0.0307. The van der Waals surface area contributed by atoms with Gasteiger partial charge in [-0.25, -0.2) is 0 Å². The zero-order valence-electron chi connectivity index (χ0n) is 62.0. The summed E-state index contributed by atoms with van der Waals surface area (Å²) in [6.45, 7) is 0. The molecule has 0 aromatic heterocycles. The maximum Gasteiger partial charge on any atom is 0.202 e. The Kier molecular flexibility index (Phi) is 38.9. The molecule has 0 radical (unpaired) electrons. The van der Waals surface area contributed by atoms with Crippen LogP contribution >= 0.6 is 335 Å². The van der Waals surface area contributed by atoms with Gasteiger partial charge in [0.1, 0.15) is 0 Å². The van der Waals surface area contributed by atoms with Crippen LogP contribution in [-0.2, 0) is 0 Å².